The Kier molecular flexibility index (Phi) is 5.04. The number of rotatable bonds is 7. The molecule has 0 radical (unpaired) electrons. The van der Waals surface area contributed by atoms with Crippen LogP contribution in [0.5, 0.6) is 0 Å². The van der Waals surface area contributed by atoms with Gasteiger partial charge in [0.1, 0.15) is 0 Å². The predicted octanol–water partition coefficient (Wildman–Crippen LogP) is 1.64. The highest BCUT2D eigenvalue weighted by atomic mass is 16.5. The van der Waals surface area contributed by atoms with Crippen LogP contribution in [0.3, 0.4) is 0 Å². The largest absolute Gasteiger partial charge is 0.481 e. The summed E-state index contributed by atoms with van der Waals surface area (Å²) in [6.45, 7) is 5.77. The molecule has 1 amide bonds. The van der Waals surface area contributed by atoms with Gasteiger partial charge < -0.3 is 14.7 Å². The fourth-order valence-electron chi connectivity index (χ4n) is 3.64. The molecule has 4 atom stereocenters. The van der Waals surface area contributed by atoms with Crippen molar-refractivity contribution in [1.29, 1.82) is 0 Å². The molecular weight excluding hydrogens is 270 g/mol. The van der Waals surface area contributed by atoms with Gasteiger partial charge in [0, 0.05) is 20.2 Å². The van der Waals surface area contributed by atoms with Crippen molar-refractivity contribution in [3.63, 3.8) is 0 Å². The smallest absolute Gasteiger partial charge is 0.307 e. The van der Waals surface area contributed by atoms with Gasteiger partial charge in [-0.2, -0.15) is 0 Å². The molecule has 21 heavy (non-hydrogen) atoms. The Morgan fingerprint density at radius 1 is 1.29 bits per heavy atom. The second kappa shape index (κ2) is 6.60. The number of hydrogen-bond acceptors (Lipinski definition) is 3. The van der Waals surface area contributed by atoms with Gasteiger partial charge in [0.05, 0.1) is 18.4 Å². The van der Waals surface area contributed by atoms with E-state index in [2.05, 4.69) is 13.8 Å². The minimum absolute atomic E-state index is 0.0183. The Morgan fingerprint density at radius 3 is 2.43 bits per heavy atom. The second-order valence-electron chi connectivity index (χ2n) is 6.51. The molecule has 0 aromatic rings. The van der Waals surface area contributed by atoms with E-state index >= 15 is 0 Å². The number of carboxylic acids is 1. The molecule has 1 fully saturated rings. The molecule has 1 N–H and O–H groups in total. The number of nitrogens with zero attached hydrogens (tertiary/aromatic N) is 1. The third kappa shape index (κ3) is 3.28. The molecule has 5 heteroatoms. The standard InChI is InChI=1S/C16H25NO4/c1-10(2)9-17(6-7-21-3)15(18)13-11-4-5-12(8-11)14(13)16(19)20/h4-5,10-14H,6-9H2,1-3H3,(H,19,20). The highest BCUT2D eigenvalue weighted by Gasteiger charge is 2.52. The minimum Gasteiger partial charge on any atom is -0.481 e. The Hall–Kier alpha value is -1.36. The van der Waals surface area contributed by atoms with Crippen molar-refractivity contribution in [2.45, 2.75) is 20.3 Å². The average molecular weight is 295 g/mol. The molecule has 2 aliphatic rings. The molecule has 1 saturated carbocycles. The summed E-state index contributed by atoms with van der Waals surface area (Å²) in [4.78, 5) is 26.2. The molecule has 2 rings (SSSR count). The lowest BCUT2D eigenvalue weighted by molar-refractivity contribution is -0.151. The van der Waals surface area contributed by atoms with Gasteiger partial charge in [-0.3, -0.25) is 9.59 Å². The van der Waals surface area contributed by atoms with Crippen LogP contribution in [0.4, 0.5) is 0 Å². The van der Waals surface area contributed by atoms with Gasteiger partial charge in [-0.25, -0.2) is 0 Å². The van der Waals surface area contributed by atoms with Crippen LogP contribution in [-0.2, 0) is 14.3 Å². The lowest BCUT2D eigenvalue weighted by atomic mass is 9.82. The molecule has 0 aliphatic heterocycles. The van der Waals surface area contributed by atoms with Crippen LogP contribution in [0.2, 0.25) is 0 Å². The summed E-state index contributed by atoms with van der Waals surface area (Å²) in [7, 11) is 1.61. The lowest BCUT2D eigenvalue weighted by Gasteiger charge is -2.31. The van der Waals surface area contributed by atoms with Crippen molar-refractivity contribution in [3.05, 3.63) is 12.2 Å². The van der Waals surface area contributed by atoms with E-state index in [1.165, 1.54) is 0 Å². The quantitative estimate of drug-likeness (QED) is 0.725. The van der Waals surface area contributed by atoms with E-state index in [0.717, 1.165) is 6.42 Å². The highest BCUT2D eigenvalue weighted by Crippen LogP contribution is 2.48. The first-order valence-corrected chi connectivity index (χ1v) is 7.64. The SMILES string of the molecule is COCCN(CC(C)C)C(=O)C1C2C=CC(C2)C1C(=O)O. The van der Waals surface area contributed by atoms with E-state index in [9.17, 15) is 14.7 Å². The second-order valence-corrected chi connectivity index (χ2v) is 6.51. The zero-order valence-corrected chi connectivity index (χ0v) is 13.0. The van der Waals surface area contributed by atoms with E-state index in [1.54, 1.807) is 12.0 Å². The number of ether oxygens (including phenoxy) is 1. The van der Waals surface area contributed by atoms with Crippen molar-refractivity contribution in [1.82, 2.24) is 4.90 Å². The Labute approximate surface area is 126 Å². The summed E-state index contributed by atoms with van der Waals surface area (Å²) >= 11 is 0. The normalized spacial score (nSPS) is 30.1. The van der Waals surface area contributed by atoms with Crippen molar-refractivity contribution in [2.75, 3.05) is 26.8 Å². The number of carboxylic acid groups (broad SMARTS) is 1. The van der Waals surface area contributed by atoms with Crippen LogP contribution < -0.4 is 0 Å². The van der Waals surface area contributed by atoms with Crippen LogP contribution in [-0.4, -0.2) is 48.7 Å². The number of carbonyl (C=O) groups excluding carboxylic acids is 1. The topological polar surface area (TPSA) is 66.8 Å². The summed E-state index contributed by atoms with van der Waals surface area (Å²) in [6, 6.07) is 0. The summed E-state index contributed by atoms with van der Waals surface area (Å²) in [5, 5.41) is 9.47. The molecule has 0 heterocycles. The number of carbonyl (C=O) groups is 2. The van der Waals surface area contributed by atoms with E-state index in [-0.39, 0.29) is 17.7 Å². The maximum absolute atomic E-state index is 12.9. The van der Waals surface area contributed by atoms with Crippen LogP contribution in [0, 0.1) is 29.6 Å². The average Bonchev–Trinajstić information content (AvgIpc) is 3.02. The zero-order valence-electron chi connectivity index (χ0n) is 13.0. The van der Waals surface area contributed by atoms with Gasteiger partial charge in [0.15, 0.2) is 0 Å². The monoisotopic (exact) mass is 295 g/mol. The molecule has 5 nitrogen and oxygen atoms in total. The number of aliphatic carboxylic acids is 1. The van der Waals surface area contributed by atoms with Gasteiger partial charge in [-0.05, 0) is 24.2 Å². The van der Waals surface area contributed by atoms with Gasteiger partial charge in [0.25, 0.3) is 0 Å². The van der Waals surface area contributed by atoms with Crippen LogP contribution in [0.1, 0.15) is 20.3 Å². The zero-order chi connectivity index (χ0) is 15.6. The van der Waals surface area contributed by atoms with Crippen molar-refractivity contribution < 1.29 is 19.4 Å². The van der Waals surface area contributed by atoms with E-state index in [0.29, 0.717) is 25.6 Å². The van der Waals surface area contributed by atoms with Gasteiger partial charge in [0.2, 0.25) is 5.91 Å². The molecule has 2 aliphatic carbocycles. The van der Waals surface area contributed by atoms with Crippen molar-refractivity contribution >= 4 is 11.9 Å². The predicted molar refractivity (Wildman–Crippen MR) is 78.6 cm³/mol. The third-order valence-electron chi connectivity index (χ3n) is 4.49. The fourth-order valence-corrected chi connectivity index (χ4v) is 3.64. The molecule has 0 aromatic carbocycles. The molecular formula is C16H25NO4. The van der Waals surface area contributed by atoms with E-state index in [1.807, 2.05) is 12.2 Å². The molecule has 2 bridgehead atoms. The number of amides is 1. The van der Waals surface area contributed by atoms with Gasteiger partial charge >= 0.3 is 5.97 Å². The Bertz CT molecular complexity index is 432. The third-order valence-corrected chi connectivity index (χ3v) is 4.49. The van der Waals surface area contributed by atoms with E-state index < -0.39 is 17.8 Å². The van der Waals surface area contributed by atoms with Crippen molar-refractivity contribution in [2.24, 2.45) is 29.6 Å². The summed E-state index contributed by atoms with van der Waals surface area (Å²) < 4.78 is 5.08. The first-order valence-electron chi connectivity index (χ1n) is 7.64. The molecule has 118 valence electrons. The van der Waals surface area contributed by atoms with E-state index in [4.69, 9.17) is 4.74 Å². The number of hydrogen-bond donors (Lipinski definition) is 1. The maximum Gasteiger partial charge on any atom is 0.307 e. The van der Waals surface area contributed by atoms with Gasteiger partial charge in [-0.1, -0.05) is 26.0 Å². The maximum atomic E-state index is 12.9. The number of methoxy groups -OCH3 is 1. The summed E-state index contributed by atoms with van der Waals surface area (Å²) in [6.07, 6.45) is 4.79. The molecule has 0 aromatic heterocycles. The minimum atomic E-state index is -0.846. The number of fused-ring (bicyclic) bond motifs is 2. The molecule has 4 unspecified atom stereocenters. The van der Waals surface area contributed by atoms with Gasteiger partial charge in [-0.15, -0.1) is 0 Å². The molecule has 0 saturated heterocycles. The number of allylic oxidation sites excluding steroid dienone is 2. The first-order chi connectivity index (χ1) is 9.95. The fraction of sp³-hybridized carbons (Fsp3) is 0.750. The highest BCUT2D eigenvalue weighted by molar-refractivity contribution is 5.87. The van der Waals surface area contributed by atoms with Crippen LogP contribution in [0.25, 0.3) is 0 Å². The summed E-state index contributed by atoms with van der Waals surface area (Å²) in [5.41, 5.74) is 0. The Balaban J connectivity index is 2.14. The molecule has 0 spiro atoms. The first kappa shape index (κ1) is 16.0. The van der Waals surface area contributed by atoms with Crippen LogP contribution >= 0.6 is 0 Å². The summed E-state index contributed by atoms with van der Waals surface area (Å²) in [5.74, 6) is -1.39. The van der Waals surface area contributed by atoms with Crippen molar-refractivity contribution in [3.8, 4) is 0 Å². The Morgan fingerprint density at radius 2 is 1.90 bits per heavy atom. The van der Waals surface area contributed by atoms with Crippen LogP contribution in [0.15, 0.2) is 12.2 Å². The lowest BCUT2D eigenvalue weighted by Crippen LogP contribution is -2.45.